The monoisotopic (exact) mass is 435 g/mol. The molecule has 2 aromatic carbocycles. The minimum absolute atomic E-state index is 0.120. The lowest BCUT2D eigenvalue weighted by atomic mass is 10.1. The molecule has 0 aliphatic carbocycles. The number of amides is 1. The van der Waals surface area contributed by atoms with E-state index in [0.717, 1.165) is 15.6 Å². The number of halogens is 2. The van der Waals surface area contributed by atoms with E-state index in [0.29, 0.717) is 22.5 Å². The number of aromatic nitrogens is 2. The van der Waals surface area contributed by atoms with E-state index in [-0.39, 0.29) is 19.1 Å². The molecule has 0 radical (unpaired) electrons. The van der Waals surface area contributed by atoms with Crippen molar-refractivity contribution in [1.82, 2.24) is 15.5 Å². The van der Waals surface area contributed by atoms with Crippen LogP contribution in [0.15, 0.2) is 51.5 Å². The Labute approximate surface area is 163 Å². The van der Waals surface area contributed by atoms with Crippen molar-refractivity contribution in [2.45, 2.75) is 13.5 Å². The summed E-state index contributed by atoms with van der Waals surface area (Å²) in [4.78, 5) is 16.2. The SMILES string of the molecule is Cc1ccc(-c2noc(CNC(=O)COc3ccc(Br)cc3Cl)n2)cc1. The Morgan fingerprint density at radius 2 is 2.04 bits per heavy atom. The third kappa shape index (κ3) is 4.83. The highest BCUT2D eigenvalue weighted by atomic mass is 79.9. The lowest BCUT2D eigenvalue weighted by Gasteiger charge is -2.08. The van der Waals surface area contributed by atoms with Crippen LogP contribution in [0.2, 0.25) is 5.02 Å². The molecule has 26 heavy (non-hydrogen) atoms. The van der Waals surface area contributed by atoms with Crippen molar-refractivity contribution in [3.05, 3.63) is 63.4 Å². The lowest BCUT2D eigenvalue weighted by molar-refractivity contribution is -0.123. The maximum Gasteiger partial charge on any atom is 0.258 e. The van der Waals surface area contributed by atoms with Crippen LogP contribution < -0.4 is 10.1 Å². The van der Waals surface area contributed by atoms with Gasteiger partial charge in [0, 0.05) is 10.0 Å². The second-order valence-electron chi connectivity index (χ2n) is 5.52. The first-order valence-corrected chi connectivity index (χ1v) is 8.92. The van der Waals surface area contributed by atoms with Gasteiger partial charge in [0.15, 0.2) is 6.61 Å². The summed E-state index contributed by atoms with van der Waals surface area (Å²) in [6.45, 7) is 1.96. The fraction of sp³-hybridized carbons (Fsp3) is 0.167. The zero-order valence-corrected chi connectivity index (χ0v) is 16.2. The van der Waals surface area contributed by atoms with Crippen LogP contribution in [-0.2, 0) is 11.3 Å². The van der Waals surface area contributed by atoms with Crippen molar-refractivity contribution in [1.29, 1.82) is 0 Å². The Balaban J connectivity index is 1.51. The number of ether oxygens (including phenoxy) is 1. The normalized spacial score (nSPS) is 10.6. The molecule has 3 rings (SSSR count). The summed E-state index contributed by atoms with van der Waals surface area (Å²) in [6, 6.07) is 12.9. The molecule has 0 bridgehead atoms. The van der Waals surface area contributed by atoms with E-state index >= 15 is 0 Å². The highest BCUT2D eigenvalue weighted by molar-refractivity contribution is 9.10. The van der Waals surface area contributed by atoms with Crippen LogP contribution in [0, 0.1) is 6.92 Å². The number of nitrogens with zero attached hydrogens (tertiary/aromatic N) is 2. The molecule has 0 atom stereocenters. The van der Waals surface area contributed by atoms with Crippen molar-refractivity contribution in [3.63, 3.8) is 0 Å². The van der Waals surface area contributed by atoms with Gasteiger partial charge in [-0.15, -0.1) is 0 Å². The Hall–Kier alpha value is -2.38. The molecule has 0 saturated carbocycles. The van der Waals surface area contributed by atoms with Crippen LogP contribution >= 0.6 is 27.5 Å². The van der Waals surface area contributed by atoms with Gasteiger partial charge in [-0.1, -0.05) is 62.5 Å². The minimum Gasteiger partial charge on any atom is -0.482 e. The predicted octanol–water partition coefficient (Wildman–Crippen LogP) is 4.16. The summed E-state index contributed by atoms with van der Waals surface area (Å²) >= 11 is 9.34. The van der Waals surface area contributed by atoms with E-state index in [2.05, 4.69) is 31.4 Å². The molecule has 1 heterocycles. The molecule has 0 fully saturated rings. The van der Waals surface area contributed by atoms with Gasteiger partial charge >= 0.3 is 0 Å². The van der Waals surface area contributed by atoms with Gasteiger partial charge in [0.25, 0.3) is 5.91 Å². The fourth-order valence-electron chi connectivity index (χ4n) is 2.11. The van der Waals surface area contributed by atoms with Crippen LogP contribution in [-0.4, -0.2) is 22.7 Å². The lowest BCUT2D eigenvalue weighted by Crippen LogP contribution is -2.28. The van der Waals surface area contributed by atoms with Gasteiger partial charge in [0.05, 0.1) is 11.6 Å². The van der Waals surface area contributed by atoms with Crippen LogP contribution in [0.4, 0.5) is 0 Å². The van der Waals surface area contributed by atoms with Gasteiger partial charge < -0.3 is 14.6 Å². The molecule has 1 N–H and O–H groups in total. The molecule has 0 saturated heterocycles. The highest BCUT2D eigenvalue weighted by Crippen LogP contribution is 2.27. The van der Waals surface area contributed by atoms with Crippen LogP contribution in [0.25, 0.3) is 11.4 Å². The van der Waals surface area contributed by atoms with Crippen LogP contribution in [0.3, 0.4) is 0 Å². The first kappa shape index (κ1) is 18.4. The smallest absolute Gasteiger partial charge is 0.258 e. The maximum atomic E-state index is 11.9. The van der Waals surface area contributed by atoms with Gasteiger partial charge in [-0.3, -0.25) is 4.79 Å². The highest BCUT2D eigenvalue weighted by Gasteiger charge is 2.11. The number of benzene rings is 2. The molecule has 6 nitrogen and oxygen atoms in total. The molecule has 0 aliphatic rings. The number of rotatable bonds is 6. The van der Waals surface area contributed by atoms with Gasteiger partial charge in [-0.2, -0.15) is 4.98 Å². The Kier molecular flexibility index (Phi) is 5.90. The molecule has 0 spiro atoms. The second kappa shape index (κ2) is 8.33. The van der Waals surface area contributed by atoms with Crippen molar-refractivity contribution >= 4 is 33.4 Å². The summed E-state index contributed by atoms with van der Waals surface area (Å²) in [7, 11) is 0. The zero-order valence-electron chi connectivity index (χ0n) is 13.8. The van der Waals surface area contributed by atoms with Crippen molar-refractivity contribution in [2.24, 2.45) is 0 Å². The molecule has 1 aromatic heterocycles. The fourth-order valence-corrected chi connectivity index (χ4v) is 2.84. The molecule has 0 aliphatic heterocycles. The molecule has 0 unspecified atom stereocenters. The predicted molar refractivity (Wildman–Crippen MR) is 101 cm³/mol. The van der Waals surface area contributed by atoms with Gasteiger partial charge in [-0.25, -0.2) is 0 Å². The number of nitrogens with one attached hydrogen (secondary N) is 1. The molecule has 1 amide bonds. The number of aryl methyl sites for hydroxylation is 1. The van der Waals surface area contributed by atoms with Gasteiger partial charge in [-0.05, 0) is 25.1 Å². The zero-order chi connectivity index (χ0) is 18.5. The van der Waals surface area contributed by atoms with Crippen molar-refractivity contribution < 1.29 is 14.1 Å². The summed E-state index contributed by atoms with van der Waals surface area (Å²) < 4.78 is 11.4. The van der Waals surface area contributed by atoms with Crippen molar-refractivity contribution in [2.75, 3.05) is 6.61 Å². The van der Waals surface area contributed by atoms with Crippen LogP contribution in [0.1, 0.15) is 11.5 Å². The third-order valence-corrected chi connectivity index (χ3v) is 4.26. The molecular weight excluding hydrogens is 422 g/mol. The average molecular weight is 437 g/mol. The Morgan fingerprint density at radius 3 is 2.77 bits per heavy atom. The molecule has 134 valence electrons. The molecule has 3 aromatic rings. The van der Waals surface area contributed by atoms with E-state index < -0.39 is 0 Å². The first-order valence-electron chi connectivity index (χ1n) is 7.75. The quantitative estimate of drug-likeness (QED) is 0.628. The number of hydrogen-bond donors (Lipinski definition) is 1. The van der Waals surface area contributed by atoms with Crippen molar-refractivity contribution in [3.8, 4) is 17.1 Å². The Bertz CT molecular complexity index is 912. The third-order valence-electron chi connectivity index (χ3n) is 3.47. The average Bonchev–Trinajstić information content (AvgIpc) is 3.09. The molecule has 8 heteroatoms. The van der Waals surface area contributed by atoms with Gasteiger partial charge in [0.2, 0.25) is 11.7 Å². The standard InChI is InChI=1S/C18H15BrClN3O3/c1-11-2-4-12(5-3-11)18-22-17(26-23-18)9-21-16(24)10-25-15-7-6-13(19)8-14(15)20/h2-8H,9-10H2,1H3,(H,21,24). The topological polar surface area (TPSA) is 77.2 Å². The summed E-state index contributed by atoms with van der Waals surface area (Å²) in [5.41, 5.74) is 2.00. The summed E-state index contributed by atoms with van der Waals surface area (Å²) in [5, 5.41) is 7.00. The Morgan fingerprint density at radius 1 is 1.27 bits per heavy atom. The minimum atomic E-state index is -0.320. The van der Waals surface area contributed by atoms with E-state index in [1.165, 1.54) is 0 Å². The number of carbonyl (C=O) groups excluding carboxylic acids is 1. The maximum absolute atomic E-state index is 11.9. The largest absolute Gasteiger partial charge is 0.482 e. The first-order chi connectivity index (χ1) is 12.5. The molecular formula is C18H15BrClN3O3. The number of carbonyl (C=O) groups is 1. The van der Waals surface area contributed by atoms with E-state index in [9.17, 15) is 4.79 Å². The number of hydrogen-bond acceptors (Lipinski definition) is 5. The summed E-state index contributed by atoms with van der Waals surface area (Å²) in [5.74, 6) is 0.909. The van der Waals surface area contributed by atoms with Crippen LogP contribution in [0.5, 0.6) is 5.75 Å². The van der Waals surface area contributed by atoms with E-state index in [1.807, 2.05) is 31.2 Å². The van der Waals surface area contributed by atoms with E-state index in [4.69, 9.17) is 20.9 Å². The second-order valence-corrected chi connectivity index (χ2v) is 6.84. The van der Waals surface area contributed by atoms with Gasteiger partial charge in [0.1, 0.15) is 5.75 Å². The summed E-state index contributed by atoms with van der Waals surface area (Å²) in [6.07, 6.45) is 0. The van der Waals surface area contributed by atoms with E-state index in [1.54, 1.807) is 18.2 Å².